The van der Waals surface area contributed by atoms with Gasteiger partial charge in [-0.1, -0.05) is 36.2 Å². The molecule has 1 saturated carbocycles. The van der Waals surface area contributed by atoms with E-state index in [1.54, 1.807) is 6.07 Å². The summed E-state index contributed by atoms with van der Waals surface area (Å²) in [6, 6.07) is 7.57. The summed E-state index contributed by atoms with van der Waals surface area (Å²) in [6.45, 7) is 3.04. The van der Waals surface area contributed by atoms with Gasteiger partial charge in [-0.15, -0.1) is 0 Å². The van der Waals surface area contributed by atoms with Crippen LogP contribution in [0, 0.1) is 0 Å². The minimum absolute atomic E-state index is 0.509. The molecule has 0 amide bonds. The molecule has 0 saturated heterocycles. The van der Waals surface area contributed by atoms with Crippen LogP contribution in [-0.4, -0.2) is 16.5 Å². The molecule has 1 aliphatic carbocycles. The van der Waals surface area contributed by atoms with Crippen molar-refractivity contribution in [3.63, 3.8) is 0 Å². The van der Waals surface area contributed by atoms with Crippen molar-refractivity contribution in [1.29, 1.82) is 0 Å². The second-order valence-corrected chi connectivity index (χ2v) is 6.14. The van der Waals surface area contributed by atoms with E-state index in [1.807, 2.05) is 18.2 Å². The lowest BCUT2D eigenvalue weighted by Crippen LogP contribution is -2.05. The van der Waals surface area contributed by atoms with Crippen LogP contribution in [-0.2, 0) is 0 Å². The number of nitrogens with zero attached hydrogens (tertiary/aromatic N) is 2. The summed E-state index contributed by atoms with van der Waals surface area (Å²) in [6.07, 6.45) is 3.42. The zero-order valence-corrected chi connectivity index (χ0v) is 13.4. The minimum Gasteiger partial charge on any atom is -0.370 e. The fraction of sp³-hybridized carbons (Fsp3) is 0.375. The molecular weight excluding hydrogens is 305 g/mol. The van der Waals surface area contributed by atoms with E-state index in [4.69, 9.17) is 28.2 Å². The van der Waals surface area contributed by atoms with E-state index in [9.17, 15) is 0 Å². The first kappa shape index (κ1) is 14.6. The number of hydrogen-bond acceptors (Lipinski definition) is 3. The largest absolute Gasteiger partial charge is 0.370 e. The molecule has 2 aromatic rings. The van der Waals surface area contributed by atoms with Crippen LogP contribution in [0.15, 0.2) is 24.3 Å². The van der Waals surface area contributed by atoms with Crippen molar-refractivity contribution >= 4 is 29.0 Å². The van der Waals surface area contributed by atoms with E-state index in [2.05, 4.69) is 17.2 Å². The maximum Gasteiger partial charge on any atom is 0.134 e. The van der Waals surface area contributed by atoms with Gasteiger partial charge >= 0.3 is 0 Å². The number of aromatic nitrogens is 2. The lowest BCUT2D eigenvalue weighted by Gasteiger charge is -2.10. The highest BCUT2D eigenvalue weighted by atomic mass is 35.5. The summed E-state index contributed by atoms with van der Waals surface area (Å²) < 4.78 is 0. The zero-order chi connectivity index (χ0) is 14.8. The third-order valence-corrected chi connectivity index (χ3v) is 4.20. The van der Waals surface area contributed by atoms with Crippen molar-refractivity contribution in [2.45, 2.75) is 32.1 Å². The number of hydrogen-bond donors (Lipinski definition) is 1. The second-order valence-electron chi connectivity index (χ2n) is 5.33. The number of benzene rings is 1. The Bertz CT molecular complexity index is 654. The predicted molar refractivity (Wildman–Crippen MR) is 88.2 cm³/mol. The van der Waals surface area contributed by atoms with E-state index in [0.29, 0.717) is 16.0 Å². The SMILES string of the molecule is CCCNc1cc(-c2ccc(Cl)c(Cl)c2)nc(C2CC2)n1. The van der Waals surface area contributed by atoms with Gasteiger partial charge in [0.2, 0.25) is 0 Å². The molecule has 5 heteroatoms. The van der Waals surface area contributed by atoms with Crippen LogP contribution in [0.3, 0.4) is 0 Å². The minimum atomic E-state index is 0.509. The molecule has 0 bridgehead atoms. The molecule has 0 aliphatic heterocycles. The predicted octanol–water partition coefficient (Wildman–Crippen LogP) is 5.15. The highest BCUT2D eigenvalue weighted by molar-refractivity contribution is 6.42. The van der Waals surface area contributed by atoms with Gasteiger partial charge in [0.1, 0.15) is 11.6 Å². The molecule has 0 radical (unpaired) electrons. The Morgan fingerprint density at radius 2 is 1.95 bits per heavy atom. The van der Waals surface area contributed by atoms with Gasteiger partial charge in [-0.3, -0.25) is 0 Å². The van der Waals surface area contributed by atoms with Gasteiger partial charge in [-0.05, 0) is 31.4 Å². The first-order chi connectivity index (χ1) is 10.2. The van der Waals surface area contributed by atoms with Crippen molar-refractivity contribution < 1.29 is 0 Å². The van der Waals surface area contributed by atoms with Gasteiger partial charge in [0.05, 0.1) is 15.7 Å². The van der Waals surface area contributed by atoms with E-state index in [1.165, 1.54) is 12.8 Å². The summed E-state index contributed by atoms with van der Waals surface area (Å²) >= 11 is 12.1. The molecule has 3 nitrogen and oxygen atoms in total. The van der Waals surface area contributed by atoms with Crippen LogP contribution >= 0.6 is 23.2 Å². The van der Waals surface area contributed by atoms with Gasteiger partial charge in [-0.2, -0.15) is 0 Å². The third-order valence-electron chi connectivity index (χ3n) is 3.46. The molecule has 1 aromatic carbocycles. The first-order valence-corrected chi connectivity index (χ1v) is 8.01. The standard InChI is InChI=1S/C16H17Cl2N3/c1-2-7-19-15-9-14(20-16(21-15)10-3-4-10)11-5-6-12(17)13(18)8-11/h5-6,8-10H,2-4,7H2,1H3,(H,19,20,21). The van der Waals surface area contributed by atoms with Gasteiger partial charge < -0.3 is 5.32 Å². The Morgan fingerprint density at radius 3 is 2.62 bits per heavy atom. The maximum atomic E-state index is 6.11. The number of halogens is 2. The van der Waals surface area contributed by atoms with Crippen LogP contribution in [0.25, 0.3) is 11.3 Å². The lowest BCUT2D eigenvalue weighted by molar-refractivity contribution is 0.911. The highest BCUT2D eigenvalue weighted by Gasteiger charge is 2.27. The van der Waals surface area contributed by atoms with E-state index >= 15 is 0 Å². The Hall–Kier alpha value is -1.32. The van der Waals surface area contributed by atoms with E-state index in [0.717, 1.165) is 35.9 Å². The lowest BCUT2D eigenvalue weighted by atomic mass is 10.1. The zero-order valence-electron chi connectivity index (χ0n) is 11.9. The summed E-state index contributed by atoms with van der Waals surface area (Å²) in [5, 5.41) is 4.45. The second kappa shape index (κ2) is 6.20. The highest BCUT2D eigenvalue weighted by Crippen LogP contribution is 2.39. The molecule has 0 unspecified atom stereocenters. The van der Waals surface area contributed by atoms with Crippen molar-refractivity contribution in [3.05, 3.63) is 40.1 Å². The molecule has 1 aromatic heterocycles. The topological polar surface area (TPSA) is 37.8 Å². The van der Waals surface area contributed by atoms with E-state index in [-0.39, 0.29) is 0 Å². The van der Waals surface area contributed by atoms with Gasteiger partial charge in [0.15, 0.2) is 0 Å². The Balaban J connectivity index is 1.99. The van der Waals surface area contributed by atoms with Crippen molar-refractivity contribution in [3.8, 4) is 11.3 Å². The molecule has 110 valence electrons. The van der Waals surface area contributed by atoms with Crippen LogP contribution < -0.4 is 5.32 Å². The Kier molecular flexibility index (Phi) is 4.32. The van der Waals surface area contributed by atoms with Crippen LogP contribution in [0.5, 0.6) is 0 Å². The molecule has 1 aliphatic rings. The van der Waals surface area contributed by atoms with Crippen LogP contribution in [0.4, 0.5) is 5.82 Å². The fourth-order valence-corrected chi connectivity index (χ4v) is 2.44. The molecule has 1 fully saturated rings. The number of nitrogens with one attached hydrogen (secondary N) is 1. The smallest absolute Gasteiger partial charge is 0.134 e. The number of anilines is 1. The van der Waals surface area contributed by atoms with Crippen molar-refractivity contribution in [1.82, 2.24) is 9.97 Å². The summed E-state index contributed by atoms with van der Waals surface area (Å²) in [4.78, 5) is 9.31. The van der Waals surface area contributed by atoms with Gasteiger partial charge in [0.25, 0.3) is 0 Å². The Morgan fingerprint density at radius 1 is 1.14 bits per heavy atom. The Labute approximate surface area is 134 Å². The van der Waals surface area contributed by atoms with Crippen molar-refractivity contribution in [2.75, 3.05) is 11.9 Å². The third kappa shape index (κ3) is 3.47. The molecule has 3 rings (SSSR count). The van der Waals surface area contributed by atoms with Crippen LogP contribution in [0.1, 0.15) is 37.9 Å². The monoisotopic (exact) mass is 321 g/mol. The molecular formula is C16H17Cl2N3. The van der Waals surface area contributed by atoms with Gasteiger partial charge in [-0.25, -0.2) is 9.97 Å². The normalized spacial score (nSPS) is 14.2. The average molecular weight is 322 g/mol. The summed E-state index contributed by atoms with van der Waals surface area (Å²) in [5.74, 6) is 2.32. The summed E-state index contributed by atoms with van der Waals surface area (Å²) in [7, 11) is 0. The number of rotatable bonds is 5. The average Bonchev–Trinajstić information content (AvgIpc) is 3.32. The van der Waals surface area contributed by atoms with Crippen molar-refractivity contribution in [2.24, 2.45) is 0 Å². The van der Waals surface area contributed by atoms with E-state index < -0.39 is 0 Å². The molecule has 0 atom stereocenters. The maximum absolute atomic E-state index is 6.11. The molecule has 21 heavy (non-hydrogen) atoms. The molecule has 1 N–H and O–H groups in total. The quantitative estimate of drug-likeness (QED) is 0.827. The molecule has 1 heterocycles. The first-order valence-electron chi connectivity index (χ1n) is 7.25. The molecule has 0 spiro atoms. The summed E-state index contributed by atoms with van der Waals surface area (Å²) in [5.41, 5.74) is 1.86. The fourth-order valence-electron chi connectivity index (χ4n) is 2.14. The van der Waals surface area contributed by atoms with Crippen LogP contribution in [0.2, 0.25) is 10.0 Å². The van der Waals surface area contributed by atoms with Gasteiger partial charge in [0, 0.05) is 24.1 Å².